The Labute approximate surface area is 132 Å². The van der Waals surface area contributed by atoms with Gasteiger partial charge >= 0.3 is 0 Å². The van der Waals surface area contributed by atoms with Gasteiger partial charge in [0.2, 0.25) is 5.91 Å². The van der Waals surface area contributed by atoms with Gasteiger partial charge in [0.1, 0.15) is 0 Å². The molecule has 1 aliphatic rings. The van der Waals surface area contributed by atoms with Crippen LogP contribution in [0.15, 0.2) is 24.3 Å². The largest absolute Gasteiger partial charge is 0.294 e. The van der Waals surface area contributed by atoms with E-state index in [1.807, 2.05) is 19.1 Å². The summed E-state index contributed by atoms with van der Waals surface area (Å²) in [5.74, 6) is 6.78. The Morgan fingerprint density at radius 2 is 2.10 bits per heavy atom. The van der Waals surface area contributed by atoms with Crippen LogP contribution in [0.1, 0.15) is 56.6 Å². The van der Waals surface area contributed by atoms with Gasteiger partial charge < -0.3 is 0 Å². The molecule has 0 aliphatic heterocycles. The molecule has 1 saturated carbocycles. The van der Waals surface area contributed by atoms with Crippen molar-refractivity contribution in [2.45, 2.75) is 56.5 Å². The third-order valence-corrected chi connectivity index (χ3v) is 5.79. The highest BCUT2D eigenvalue weighted by molar-refractivity contribution is 7.99. The number of thioether (sulfide) groups is 1. The van der Waals surface area contributed by atoms with Crippen LogP contribution >= 0.6 is 11.8 Å². The van der Waals surface area contributed by atoms with E-state index in [1.165, 1.54) is 31.2 Å². The van der Waals surface area contributed by atoms with Crippen molar-refractivity contribution in [3.63, 3.8) is 0 Å². The molecule has 21 heavy (non-hydrogen) atoms. The zero-order chi connectivity index (χ0) is 15.2. The lowest BCUT2D eigenvalue weighted by atomic mass is 9.91. The highest BCUT2D eigenvalue weighted by Gasteiger charge is 2.19. The summed E-state index contributed by atoms with van der Waals surface area (Å²) in [6, 6.07) is 8.35. The summed E-state index contributed by atoms with van der Waals surface area (Å²) in [6.07, 6.45) is 5.49. The molecule has 0 saturated heterocycles. The molecule has 0 radical (unpaired) electrons. The monoisotopic (exact) mass is 306 g/mol. The lowest BCUT2D eigenvalue weighted by Crippen LogP contribution is -2.33. The van der Waals surface area contributed by atoms with Crippen molar-refractivity contribution in [2.75, 3.05) is 0 Å². The normalized spacial score (nSPS) is 23.6. The Morgan fingerprint density at radius 3 is 2.71 bits per heavy atom. The van der Waals surface area contributed by atoms with Crippen molar-refractivity contribution in [1.82, 2.24) is 5.43 Å². The van der Waals surface area contributed by atoms with Crippen LogP contribution in [0.5, 0.6) is 0 Å². The summed E-state index contributed by atoms with van der Waals surface area (Å²) in [5.41, 5.74) is 4.55. The molecule has 1 aliphatic carbocycles. The first-order chi connectivity index (χ1) is 10.1. The van der Waals surface area contributed by atoms with Gasteiger partial charge in [-0.1, -0.05) is 44.0 Å². The van der Waals surface area contributed by atoms with E-state index in [1.54, 1.807) is 0 Å². The number of carbonyl (C=O) groups excluding carboxylic acids is 1. The summed E-state index contributed by atoms with van der Waals surface area (Å²) < 4.78 is 0. The molecule has 1 aromatic carbocycles. The smallest absolute Gasteiger partial charge is 0.241 e. The van der Waals surface area contributed by atoms with Crippen LogP contribution in [0.2, 0.25) is 0 Å². The summed E-state index contributed by atoms with van der Waals surface area (Å²) in [4.78, 5) is 11.5. The molecule has 3 N–H and O–H groups in total. The maximum absolute atomic E-state index is 11.5. The first-order valence-corrected chi connectivity index (χ1v) is 8.86. The number of rotatable bonds is 5. The fourth-order valence-electron chi connectivity index (χ4n) is 2.92. The molecule has 0 heterocycles. The predicted molar refractivity (Wildman–Crippen MR) is 89.9 cm³/mol. The summed E-state index contributed by atoms with van der Waals surface area (Å²) in [6.45, 7) is 4.24. The van der Waals surface area contributed by atoms with Gasteiger partial charge in [0, 0.05) is 11.0 Å². The van der Waals surface area contributed by atoms with Gasteiger partial charge in [0.25, 0.3) is 0 Å². The number of amides is 1. The van der Waals surface area contributed by atoms with Gasteiger partial charge in [-0.05, 0) is 36.8 Å². The molecule has 0 aromatic heterocycles. The number of benzene rings is 1. The van der Waals surface area contributed by atoms with Crippen LogP contribution in [-0.2, 0) is 10.5 Å². The van der Waals surface area contributed by atoms with Gasteiger partial charge in [0.05, 0.1) is 5.92 Å². The van der Waals surface area contributed by atoms with E-state index in [0.717, 1.165) is 22.5 Å². The van der Waals surface area contributed by atoms with Gasteiger partial charge in [0.15, 0.2) is 0 Å². The fraction of sp³-hybridized carbons (Fsp3) is 0.588. The highest BCUT2D eigenvalue weighted by atomic mass is 32.2. The molecule has 1 fully saturated rings. The van der Waals surface area contributed by atoms with Gasteiger partial charge in [-0.2, -0.15) is 11.8 Å². The van der Waals surface area contributed by atoms with E-state index in [4.69, 9.17) is 5.84 Å². The Balaban J connectivity index is 1.86. The minimum absolute atomic E-state index is 0.145. The van der Waals surface area contributed by atoms with Crippen molar-refractivity contribution in [2.24, 2.45) is 11.8 Å². The molecule has 3 unspecified atom stereocenters. The van der Waals surface area contributed by atoms with E-state index < -0.39 is 0 Å². The van der Waals surface area contributed by atoms with Crippen LogP contribution in [0, 0.1) is 5.92 Å². The van der Waals surface area contributed by atoms with Crippen LogP contribution in [0.3, 0.4) is 0 Å². The van der Waals surface area contributed by atoms with Gasteiger partial charge in [-0.3, -0.25) is 10.2 Å². The first kappa shape index (κ1) is 16.4. The minimum atomic E-state index is -0.198. The predicted octanol–water partition coefficient (Wildman–Crippen LogP) is 3.59. The van der Waals surface area contributed by atoms with Gasteiger partial charge in [-0.15, -0.1) is 0 Å². The summed E-state index contributed by atoms with van der Waals surface area (Å²) in [5, 5.41) is 0.815. The first-order valence-electron chi connectivity index (χ1n) is 7.81. The quantitative estimate of drug-likeness (QED) is 0.496. The van der Waals surface area contributed by atoms with E-state index in [2.05, 4.69) is 36.2 Å². The minimum Gasteiger partial charge on any atom is -0.294 e. The zero-order valence-corrected chi connectivity index (χ0v) is 13.8. The van der Waals surface area contributed by atoms with E-state index >= 15 is 0 Å². The third-order valence-electron chi connectivity index (χ3n) is 4.39. The molecule has 116 valence electrons. The van der Waals surface area contributed by atoms with Crippen molar-refractivity contribution in [3.8, 4) is 0 Å². The van der Waals surface area contributed by atoms with E-state index in [9.17, 15) is 4.79 Å². The molecule has 0 bridgehead atoms. The van der Waals surface area contributed by atoms with Crippen LogP contribution in [0.4, 0.5) is 0 Å². The molecule has 0 spiro atoms. The topological polar surface area (TPSA) is 55.1 Å². The van der Waals surface area contributed by atoms with E-state index in [-0.39, 0.29) is 11.8 Å². The average Bonchev–Trinajstić information content (AvgIpc) is 2.52. The van der Waals surface area contributed by atoms with E-state index in [0.29, 0.717) is 0 Å². The molecule has 1 aromatic rings. The second-order valence-electron chi connectivity index (χ2n) is 6.18. The number of hydrogen-bond donors (Lipinski definition) is 2. The molecular weight excluding hydrogens is 280 g/mol. The van der Waals surface area contributed by atoms with Crippen LogP contribution in [0.25, 0.3) is 0 Å². The second-order valence-corrected chi connectivity index (χ2v) is 7.47. The van der Waals surface area contributed by atoms with Gasteiger partial charge in [-0.25, -0.2) is 5.84 Å². The lowest BCUT2D eigenvalue weighted by molar-refractivity contribution is -0.122. The Kier molecular flexibility index (Phi) is 6.12. The highest BCUT2D eigenvalue weighted by Crippen LogP contribution is 2.33. The number of carbonyl (C=O) groups is 1. The number of nitrogens with two attached hydrogens (primary N) is 1. The SMILES string of the molecule is CC1CCCC(SCc2ccc(C(C)C(=O)NN)cc2)C1. The number of hydrogen-bond acceptors (Lipinski definition) is 3. The average molecular weight is 306 g/mol. The summed E-state index contributed by atoms with van der Waals surface area (Å²) >= 11 is 2.08. The lowest BCUT2D eigenvalue weighted by Gasteiger charge is -2.26. The zero-order valence-electron chi connectivity index (χ0n) is 13.0. The fourth-order valence-corrected chi connectivity index (χ4v) is 4.34. The second kappa shape index (κ2) is 7.85. The number of nitrogens with one attached hydrogen (secondary N) is 1. The third kappa shape index (κ3) is 4.75. The molecule has 3 nitrogen and oxygen atoms in total. The van der Waals surface area contributed by atoms with Crippen molar-refractivity contribution in [3.05, 3.63) is 35.4 Å². The molecule has 4 heteroatoms. The molecule has 2 rings (SSSR count). The Morgan fingerprint density at radius 1 is 1.38 bits per heavy atom. The molecule has 3 atom stereocenters. The van der Waals surface area contributed by atoms with Crippen molar-refractivity contribution >= 4 is 17.7 Å². The Bertz CT molecular complexity index is 460. The van der Waals surface area contributed by atoms with Crippen LogP contribution in [-0.4, -0.2) is 11.2 Å². The van der Waals surface area contributed by atoms with Crippen molar-refractivity contribution < 1.29 is 4.79 Å². The molecular formula is C17H26N2OS. The standard InChI is InChI=1S/C17H26N2OS/c1-12-4-3-5-16(10-12)21-11-14-6-8-15(9-7-14)13(2)17(20)19-18/h6-9,12-13,16H,3-5,10-11,18H2,1-2H3,(H,19,20). The maximum atomic E-state index is 11.5. The van der Waals surface area contributed by atoms with Crippen molar-refractivity contribution in [1.29, 1.82) is 0 Å². The molecule has 1 amide bonds. The summed E-state index contributed by atoms with van der Waals surface area (Å²) in [7, 11) is 0. The number of hydrazine groups is 1. The maximum Gasteiger partial charge on any atom is 0.241 e. The van der Waals surface area contributed by atoms with Crippen LogP contribution < -0.4 is 11.3 Å². The Hall–Kier alpha value is -1.00.